The van der Waals surface area contributed by atoms with E-state index in [2.05, 4.69) is 0 Å². The minimum absolute atomic E-state index is 0.0393. The van der Waals surface area contributed by atoms with Crippen LogP contribution in [0.2, 0.25) is 0 Å². The molecule has 4 nitrogen and oxygen atoms in total. The first-order chi connectivity index (χ1) is 6.68. The molecular formula is C10H15NO3. The van der Waals surface area contributed by atoms with Gasteiger partial charge in [0.2, 0.25) is 5.91 Å². The monoisotopic (exact) mass is 197 g/mol. The molecule has 1 heterocycles. The van der Waals surface area contributed by atoms with Gasteiger partial charge in [0, 0.05) is 13.0 Å². The van der Waals surface area contributed by atoms with Crippen molar-refractivity contribution in [3.63, 3.8) is 0 Å². The average Bonchev–Trinajstić information content (AvgIpc) is 2.81. The maximum atomic E-state index is 11.7. The van der Waals surface area contributed by atoms with E-state index in [9.17, 15) is 9.59 Å². The predicted octanol–water partition coefficient (Wildman–Crippen LogP) is 0.862. The SMILES string of the molecule is O=C(O)[C@@H]1CCCN1C(=O)CC1CC1. The maximum Gasteiger partial charge on any atom is 0.326 e. The lowest BCUT2D eigenvalue weighted by molar-refractivity contribution is -0.148. The summed E-state index contributed by atoms with van der Waals surface area (Å²) in [6.45, 7) is 0.628. The molecule has 1 aliphatic carbocycles. The van der Waals surface area contributed by atoms with Gasteiger partial charge in [-0.05, 0) is 31.6 Å². The number of hydrogen-bond donors (Lipinski definition) is 1. The molecule has 14 heavy (non-hydrogen) atoms. The van der Waals surface area contributed by atoms with Gasteiger partial charge in [0.15, 0.2) is 0 Å². The normalized spacial score (nSPS) is 26.6. The van der Waals surface area contributed by atoms with Crippen LogP contribution >= 0.6 is 0 Å². The Balaban J connectivity index is 1.93. The van der Waals surface area contributed by atoms with Gasteiger partial charge >= 0.3 is 5.97 Å². The second-order valence-corrected chi connectivity index (χ2v) is 4.23. The first-order valence-corrected chi connectivity index (χ1v) is 5.21. The van der Waals surface area contributed by atoms with Gasteiger partial charge in [-0.15, -0.1) is 0 Å². The molecule has 4 heteroatoms. The molecule has 1 saturated heterocycles. The van der Waals surface area contributed by atoms with Gasteiger partial charge in [-0.1, -0.05) is 0 Å². The van der Waals surface area contributed by atoms with E-state index in [1.165, 1.54) is 0 Å². The predicted molar refractivity (Wildman–Crippen MR) is 49.7 cm³/mol. The quantitative estimate of drug-likeness (QED) is 0.730. The topological polar surface area (TPSA) is 57.6 Å². The van der Waals surface area contributed by atoms with Crippen LogP contribution in [0.4, 0.5) is 0 Å². The number of aliphatic carboxylic acids is 1. The van der Waals surface area contributed by atoms with Crippen LogP contribution in [0.5, 0.6) is 0 Å². The van der Waals surface area contributed by atoms with Crippen molar-refractivity contribution in [1.29, 1.82) is 0 Å². The summed E-state index contributed by atoms with van der Waals surface area (Å²) < 4.78 is 0. The smallest absolute Gasteiger partial charge is 0.326 e. The van der Waals surface area contributed by atoms with Crippen molar-refractivity contribution in [1.82, 2.24) is 4.90 Å². The Kier molecular flexibility index (Phi) is 2.44. The second-order valence-electron chi connectivity index (χ2n) is 4.23. The molecule has 0 unspecified atom stereocenters. The van der Waals surface area contributed by atoms with Crippen molar-refractivity contribution in [3.8, 4) is 0 Å². The van der Waals surface area contributed by atoms with Crippen molar-refractivity contribution >= 4 is 11.9 Å². The molecule has 0 bridgehead atoms. The summed E-state index contributed by atoms with van der Waals surface area (Å²) in [4.78, 5) is 24.0. The third kappa shape index (κ3) is 1.89. The lowest BCUT2D eigenvalue weighted by Gasteiger charge is -2.21. The minimum Gasteiger partial charge on any atom is -0.480 e. The fourth-order valence-corrected chi connectivity index (χ4v) is 2.01. The third-order valence-corrected chi connectivity index (χ3v) is 3.02. The molecule has 0 radical (unpaired) electrons. The molecule has 0 aromatic heterocycles. The molecule has 2 rings (SSSR count). The Bertz CT molecular complexity index is 260. The number of rotatable bonds is 3. The maximum absolute atomic E-state index is 11.7. The van der Waals surface area contributed by atoms with Crippen molar-refractivity contribution in [2.75, 3.05) is 6.54 Å². The van der Waals surface area contributed by atoms with Crippen LogP contribution in [-0.2, 0) is 9.59 Å². The number of carboxylic acids is 1. The van der Waals surface area contributed by atoms with E-state index in [1.807, 2.05) is 0 Å². The standard InChI is InChI=1S/C10H15NO3/c12-9(6-7-3-4-7)11-5-1-2-8(11)10(13)14/h7-8H,1-6H2,(H,13,14)/t8-/m0/s1. The van der Waals surface area contributed by atoms with Gasteiger partial charge < -0.3 is 10.0 Å². The Morgan fingerprint density at radius 1 is 1.29 bits per heavy atom. The number of nitrogens with zero attached hydrogens (tertiary/aromatic N) is 1. The molecule has 0 spiro atoms. The highest BCUT2D eigenvalue weighted by Crippen LogP contribution is 2.33. The van der Waals surface area contributed by atoms with Crippen LogP contribution in [0.15, 0.2) is 0 Å². The van der Waals surface area contributed by atoms with Crippen LogP contribution in [0.3, 0.4) is 0 Å². The summed E-state index contributed by atoms with van der Waals surface area (Å²) in [5.74, 6) is -0.276. The van der Waals surface area contributed by atoms with E-state index < -0.39 is 12.0 Å². The van der Waals surface area contributed by atoms with Crippen molar-refractivity contribution in [3.05, 3.63) is 0 Å². The third-order valence-electron chi connectivity index (χ3n) is 3.02. The molecule has 2 aliphatic rings. The molecule has 2 fully saturated rings. The molecule has 0 aromatic carbocycles. The molecule has 1 N–H and O–H groups in total. The van der Waals surface area contributed by atoms with E-state index in [0.717, 1.165) is 19.3 Å². The lowest BCUT2D eigenvalue weighted by Crippen LogP contribution is -2.40. The number of amides is 1. The molecule has 78 valence electrons. The number of carboxylic acid groups (broad SMARTS) is 1. The molecule has 0 aromatic rings. The van der Waals surface area contributed by atoms with Crippen molar-refractivity contribution in [2.45, 2.75) is 38.1 Å². The van der Waals surface area contributed by atoms with E-state index in [0.29, 0.717) is 25.3 Å². The summed E-state index contributed by atoms with van der Waals surface area (Å²) in [5.41, 5.74) is 0. The largest absolute Gasteiger partial charge is 0.480 e. The van der Waals surface area contributed by atoms with Crippen LogP contribution in [-0.4, -0.2) is 34.5 Å². The molecule has 1 aliphatic heterocycles. The van der Waals surface area contributed by atoms with Gasteiger partial charge in [0.05, 0.1) is 0 Å². The van der Waals surface area contributed by atoms with Crippen molar-refractivity contribution in [2.24, 2.45) is 5.92 Å². The summed E-state index contributed by atoms with van der Waals surface area (Å²) in [6, 6.07) is -0.554. The van der Waals surface area contributed by atoms with Crippen LogP contribution in [0.25, 0.3) is 0 Å². The van der Waals surface area contributed by atoms with Crippen LogP contribution < -0.4 is 0 Å². The van der Waals surface area contributed by atoms with E-state index in [4.69, 9.17) is 5.11 Å². The van der Waals surface area contributed by atoms with Gasteiger partial charge in [-0.25, -0.2) is 4.79 Å². The molecule has 1 amide bonds. The second kappa shape index (κ2) is 3.59. The Morgan fingerprint density at radius 3 is 2.57 bits per heavy atom. The number of carbonyl (C=O) groups is 2. The first kappa shape index (κ1) is 9.49. The summed E-state index contributed by atoms with van der Waals surface area (Å²) >= 11 is 0. The van der Waals surface area contributed by atoms with Gasteiger partial charge in [0.1, 0.15) is 6.04 Å². The highest BCUT2D eigenvalue weighted by Gasteiger charge is 2.36. The van der Waals surface area contributed by atoms with Gasteiger partial charge in [-0.2, -0.15) is 0 Å². The van der Waals surface area contributed by atoms with E-state index >= 15 is 0 Å². The Hall–Kier alpha value is -1.06. The highest BCUT2D eigenvalue weighted by molar-refractivity contribution is 5.84. The van der Waals surface area contributed by atoms with Crippen LogP contribution in [0.1, 0.15) is 32.1 Å². The Morgan fingerprint density at radius 2 is 2.00 bits per heavy atom. The van der Waals surface area contributed by atoms with E-state index in [1.54, 1.807) is 4.90 Å². The number of likely N-dealkylation sites (tertiary alicyclic amines) is 1. The van der Waals surface area contributed by atoms with E-state index in [-0.39, 0.29) is 5.91 Å². The molecular weight excluding hydrogens is 182 g/mol. The number of carbonyl (C=O) groups excluding carboxylic acids is 1. The first-order valence-electron chi connectivity index (χ1n) is 5.21. The fourth-order valence-electron chi connectivity index (χ4n) is 2.01. The Labute approximate surface area is 82.9 Å². The van der Waals surface area contributed by atoms with Crippen molar-refractivity contribution < 1.29 is 14.7 Å². The minimum atomic E-state index is -0.855. The summed E-state index contributed by atoms with van der Waals surface area (Å²) in [5, 5.41) is 8.89. The summed E-state index contributed by atoms with van der Waals surface area (Å²) in [7, 11) is 0. The lowest BCUT2D eigenvalue weighted by atomic mass is 10.2. The summed E-state index contributed by atoms with van der Waals surface area (Å²) in [6.07, 6.45) is 4.28. The zero-order chi connectivity index (χ0) is 10.1. The molecule has 1 atom stereocenters. The fraction of sp³-hybridized carbons (Fsp3) is 0.800. The zero-order valence-electron chi connectivity index (χ0n) is 8.11. The highest BCUT2D eigenvalue weighted by atomic mass is 16.4. The van der Waals surface area contributed by atoms with Gasteiger partial charge in [0.25, 0.3) is 0 Å². The van der Waals surface area contributed by atoms with Gasteiger partial charge in [-0.3, -0.25) is 4.79 Å². The zero-order valence-corrected chi connectivity index (χ0v) is 8.11. The molecule has 1 saturated carbocycles. The van der Waals surface area contributed by atoms with Crippen LogP contribution in [0, 0.1) is 5.92 Å². The number of hydrogen-bond acceptors (Lipinski definition) is 2. The average molecular weight is 197 g/mol.